The van der Waals surface area contributed by atoms with Gasteiger partial charge in [-0.1, -0.05) is 54.6 Å². The van der Waals surface area contributed by atoms with Crippen LogP contribution in [0.1, 0.15) is 36.5 Å². The summed E-state index contributed by atoms with van der Waals surface area (Å²) in [6, 6.07) is 20.4. The van der Waals surface area contributed by atoms with E-state index in [1.54, 1.807) is 19.1 Å². The summed E-state index contributed by atoms with van der Waals surface area (Å²) >= 11 is 0. The molecule has 1 aliphatic rings. The van der Waals surface area contributed by atoms with Crippen molar-refractivity contribution in [2.45, 2.75) is 51.4 Å². The molecule has 1 fully saturated rings. The van der Waals surface area contributed by atoms with Crippen LogP contribution < -0.4 is 10.1 Å². The Labute approximate surface area is 228 Å². The van der Waals surface area contributed by atoms with Gasteiger partial charge < -0.3 is 20.3 Å². The van der Waals surface area contributed by atoms with Gasteiger partial charge in [0, 0.05) is 12.6 Å². The number of nitro benzene ring substituents is 1. The van der Waals surface area contributed by atoms with Crippen LogP contribution in [0, 0.1) is 17.0 Å². The van der Waals surface area contributed by atoms with Gasteiger partial charge in [-0.05, 0) is 67.1 Å². The fourth-order valence-electron chi connectivity index (χ4n) is 4.91. The van der Waals surface area contributed by atoms with Crippen molar-refractivity contribution in [3.63, 3.8) is 0 Å². The fourth-order valence-corrected chi connectivity index (χ4v) is 4.91. The summed E-state index contributed by atoms with van der Waals surface area (Å²) in [6.45, 7) is 4.03. The van der Waals surface area contributed by atoms with Crippen LogP contribution in [0.3, 0.4) is 0 Å². The quantitative estimate of drug-likeness (QED) is 0.252. The highest BCUT2D eigenvalue weighted by Crippen LogP contribution is 2.32. The van der Waals surface area contributed by atoms with Crippen LogP contribution in [0.25, 0.3) is 11.1 Å². The normalized spacial score (nSPS) is 15.7. The molecule has 0 aliphatic carbocycles. The first-order valence-electron chi connectivity index (χ1n) is 13.1. The van der Waals surface area contributed by atoms with Crippen molar-refractivity contribution in [1.82, 2.24) is 10.2 Å². The van der Waals surface area contributed by atoms with Crippen molar-refractivity contribution in [2.75, 3.05) is 19.8 Å². The second kappa shape index (κ2) is 12.4. The third-order valence-electron chi connectivity index (χ3n) is 7.31. The standard InChI is InChI=1S/C30H35N3O6/c1-21-24(10-6-11-25(21)23-8-4-3-5-9-23)18-39-28-14-13-22(16-27(28)33(37)38)17-32-15-7-12-26(32)29(36)31-30(2,19-34)20-35/h3-6,8-11,13-14,16,26,34-35H,7,12,15,17-20H2,1-2H3,(H,31,36). The zero-order chi connectivity index (χ0) is 28.0. The minimum atomic E-state index is -1.11. The number of amides is 1. The lowest BCUT2D eigenvalue weighted by molar-refractivity contribution is -0.386. The predicted molar refractivity (Wildman–Crippen MR) is 148 cm³/mol. The summed E-state index contributed by atoms with van der Waals surface area (Å²) in [6.07, 6.45) is 1.43. The molecule has 3 N–H and O–H groups in total. The monoisotopic (exact) mass is 533 g/mol. The molecule has 0 bridgehead atoms. The predicted octanol–water partition coefficient (Wildman–Crippen LogP) is 3.97. The van der Waals surface area contributed by atoms with E-state index in [-0.39, 0.29) is 37.2 Å². The highest BCUT2D eigenvalue weighted by Gasteiger charge is 2.35. The van der Waals surface area contributed by atoms with Gasteiger partial charge in [0.2, 0.25) is 5.91 Å². The average molecular weight is 534 g/mol. The SMILES string of the molecule is Cc1c(COc2ccc(CN3CCCC3C(=O)NC(C)(CO)CO)cc2[N+](=O)[O-])cccc1-c1ccccc1. The number of likely N-dealkylation sites (tertiary alicyclic amines) is 1. The van der Waals surface area contributed by atoms with Gasteiger partial charge in [-0.2, -0.15) is 0 Å². The van der Waals surface area contributed by atoms with E-state index < -0.39 is 16.5 Å². The number of rotatable bonds is 11. The van der Waals surface area contributed by atoms with Crippen LogP contribution in [0.4, 0.5) is 5.69 Å². The van der Waals surface area contributed by atoms with Crippen LogP contribution >= 0.6 is 0 Å². The molecule has 1 atom stereocenters. The lowest BCUT2D eigenvalue weighted by atomic mass is 9.97. The molecule has 1 unspecified atom stereocenters. The molecule has 3 aromatic carbocycles. The third kappa shape index (κ3) is 6.62. The van der Waals surface area contributed by atoms with Crippen LogP contribution in [0.15, 0.2) is 66.7 Å². The number of ether oxygens (including phenoxy) is 1. The molecule has 0 spiro atoms. The summed E-state index contributed by atoms with van der Waals surface area (Å²) in [5.41, 5.74) is 3.64. The van der Waals surface area contributed by atoms with Gasteiger partial charge in [0.25, 0.3) is 0 Å². The highest BCUT2D eigenvalue weighted by atomic mass is 16.6. The van der Waals surface area contributed by atoms with Gasteiger partial charge in [-0.15, -0.1) is 0 Å². The first kappa shape index (κ1) is 28.2. The van der Waals surface area contributed by atoms with E-state index in [0.717, 1.165) is 28.7 Å². The van der Waals surface area contributed by atoms with Crippen molar-refractivity contribution in [2.24, 2.45) is 0 Å². The number of nitrogens with one attached hydrogen (secondary N) is 1. The van der Waals surface area contributed by atoms with Crippen LogP contribution in [0.2, 0.25) is 0 Å². The van der Waals surface area contributed by atoms with Crippen LogP contribution in [-0.4, -0.2) is 57.3 Å². The Morgan fingerprint density at radius 3 is 2.56 bits per heavy atom. The minimum Gasteiger partial charge on any atom is -0.482 e. The number of hydrogen-bond acceptors (Lipinski definition) is 7. The summed E-state index contributed by atoms with van der Waals surface area (Å²) in [5.74, 6) is -0.0914. The molecule has 9 nitrogen and oxygen atoms in total. The van der Waals surface area contributed by atoms with Gasteiger partial charge in [-0.3, -0.25) is 19.8 Å². The molecular weight excluding hydrogens is 498 g/mol. The molecule has 1 heterocycles. The maximum absolute atomic E-state index is 12.9. The van der Waals surface area contributed by atoms with E-state index in [9.17, 15) is 25.1 Å². The summed E-state index contributed by atoms with van der Waals surface area (Å²) in [4.78, 5) is 26.3. The van der Waals surface area contributed by atoms with E-state index in [0.29, 0.717) is 25.1 Å². The Bertz CT molecular complexity index is 1310. The average Bonchev–Trinajstić information content (AvgIpc) is 3.41. The van der Waals surface area contributed by atoms with Crippen molar-refractivity contribution in [1.29, 1.82) is 0 Å². The Balaban J connectivity index is 1.47. The molecule has 9 heteroatoms. The van der Waals surface area contributed by atoms with E-state index in [1.165, 1.54) is 6.07 Å². The molecule has 3 aromatic rings. The molecule has 1 saturated heterocycles. The van der Waals surface area contributed by atoms with Gasteiger partial charge in [0.15, 0.2) is 5.75 Å². The van der Waals surface area contributed by atoms with Gasteiger partial charge in [-0.25, -0.2) is 0 Å². The second-order valence-electron chi connectivity index (χ2n) is 10.3. The number of carbonyl (C=O) groups is 1. The molecule has 39 heavy (non-hydrogen) atoms. The Kier molecular flexibility index (Phi) is 8.96. The molecule has 206 valence electrons. The topological polar surface area (TPSA) is 125 Å². The van der Waals surface area contributed by atoms with Crippen molar-refractivity contribution in [3.05, 3.63) is 93.5 Å². The molecule has 0 radical (unpaired) electrons. The Morgan fingerprint density at radius 2 is 1.87 bits per heavy atom. The number of carbonyl (C=O) groups excluding carboxylic acids is 1. The van der Waals surface area contributed by atoms with Crippen LogP contribution in [-0.2, 0) is 17.9 Å². The van der Waals surface area contributed by atoms with Crippen molar-refractivity contribution >= 4 is 11.6 Å². The summed E-state index contributed by atoms with van der Waals surface area (Å²) in [5, 5.41) is 33.7. The van der Waals surface area contributed by atoms with E-state index in [2.05, 4.69) is 5.32 Å². The zero-order valence-electron chi connectivity index (χ0n) is 22.3. The third-order valence-corrected chi connectivity index (χ3v) is 7.31. The zero-order valence-corrected chi connectivity index (χ0v) is 22.3. The number of hydrogen-bond donors (Lipinski definition) is 3. The van der Waals surface area contributed by atoms with Gasteiger partial charge in [0.05, 0.1) is 29.7 Å². The maximum atomic E-state index is 12.9. The number of aliphatic hydroxyl groups excluding tert-OH is 2. The molecular formula is C30H35N3O6. The Morgan fingerprint density at radius 1 is 1.13 bits per heavy atom. The van der Waals surface area contributed by atoms with Crippen LogP contribution in [0.5, 0.6) is 5.75 Å². The molecule has 1 aliphatic heterocycles. The molecule has 0 saturated carbocycles. The van der Waals surface area contributed by atoms with E-state index >= 15 is 0 Å². The lowest BCUT2D eigenvalue weighted by Crippen LogP contribution is -2.56. The van der Waals surface area contributed by atoms with E-state index in [4.69, 9.17) is 4.74 Å². The first-order chi connectivity index (χ1) is 18.7. The number of aliphatic hydroxyl groups is 2. The summed E-state index contributed by atoms with van der Waals surface area (Å²) in [7, 11) is 0. The largest absolute Gasteiger partial charge is 0.482 e. The number of nitro groups is 1. The van der Waals surface area contributed by atoms with Crippen molar-refractivity contribution in [3.8, 4) is 16.9 Å². The Hall–Kier alpha value is -3.79. The van der Waals surface area contributed by atoms with E-state index in [1.807, 2.05) is 60.4 Å². The van der Waals surface area contributed by atoms with Gasteiger partial charge >= 0.3 is 5.69 Å². The summed E-state index contributed by atoms with van der Waals surface area (Å²) < 4.78 is 5.95. The minimum absolute atomic E-state index is 0.127. The number of benzene rings is 3. The second-order valence-corrected chi connectivity index (χ2v) is 10.3. The smallest absolute Gasteiger partial charge is 0.311 e. The molecule has 1 amide bonds. The first-order valence-corrected chi connectivity index (χ1v) is 13.1. The maximum Gasteiger partial charge on any atom is 0.311 e. The highest BCUT2D eigenvalue weighted by molar-refractivity contribution is 5.82. The van der Waals surface area contributed by atoms with Crippen molar-refractivity contribution < 1.29 is 24.7 Å². The molecule has 4 rings (SSSR count). The molecule has 0 aromatic heterocycles. The number of nitrogens with zero attached hydrogens (tertiary/aromatic N) is 2. The van der Waals surface area contributed by atoms with Gasteiger partial charge in [0.1, 0.15) is 6.61 Å². The fraction of sp³-hybridized carbons (Fsp3) is 0.367. The lowest BCUT2D eigenvalue weighted by Gasteiger charge is -2.30.